The molecule has 1 spiro atoms. The van der Waals surface area contributed by atoms with Crippen LogP contribution in [0.4, 0.5) is 17.5 Å². The van der Waals surface area contributed by atoms with Gasteiger partial charge in [0, 0.05) is 19.6 Å². The number of nitrogens with one attached hydrogen (secondary N) is 2. The highest BCUT2D eigenvalue weighted by molar-refractivity contribution is 14.1. The van der Waals surface area contributed by atoms with E-state index in [9.17, 15) is 0 Å². The number of anilines is 3. The van der Waals surface area contributed by atoms with Crippen molar-refractivity contribution in [1.29, 1.82) is 0 Å². The minimum Gasteiger partial charge on any atom is -0.355 e. The Kier molecular flexibility index (Phi) is 5.24. The highest BCUT2D eigenvalue weighted by Gasteiger charge is 2.41. The molecule has 1 saturated heterocycles. The highest BCUT2D eigenvalue weighted by atomic mass is 127. The standard InChI is InChI=1S/C17H23ClIN7/c1-25(13-3-5-17(7-13)4-2-6-20-11-17)15-14(18)9-21-16(24-15)23-12-8-22-26(19)10-12/h8-10,13,20H,2-7,11H2,1H3,(H,21,23,24). The molecule has 140 valence electrons. The lowest BCUT2D eigenvalue weighted by Gasteiger charge is -2.35. The summed E-state index contributed by atoms with van der Waals surface area (Å²) >= 11 is 8.53. The zero-order valence-corrected chi connectivity index (χ0v) is 17.7. The predicted molar refractivity (Wildman–Crippen MR) is 113 cm³/mol. The smallest absolute Gasteiger partial charge is 0.229 e. The topological polar surface area (TPSA) is 70.9 Å². The molecule has 1 aliphatic heterocycles. The van der Waals surface area contributed by atoms with Gasteiger partial charge in [0.1, 0.15) is 5.02 Å². The Hall–Kier alpha value is -1.13. The number of hydrogen-bond donors (Lipinski definition) is 2. The average Bonchev–Trinajstić information content (AvgIpc) is 3.23. The van der Waals surface area contributed by atoms with Gasteiger partial charge in [-0.1, -0.05) is 11.6 Å². The van der Waals surface area contributed by atoms with E-state index in [1.165, 1.54) is 32.1 Å². The minimum absolute atomic E-state index is 0.451. The van der Waals surface area contributed by atoms with Crippen LogP contribution in [0.2, 0.25) is 5.02 Å². The largest absolute Gasteiger partial charge is 0.355 e. The van der Waals surface area contributed by atoms with Crippen LogP contribution in [0.15, 0.2) is 18.6 Å². The Morgan fingerprint density at radius 3 is 3.04 bits per heavy atom. The van der Waals surface area contributed by atoms with Crippen molar-refractivity contribution in [2.24, 2.45) is 5.41 Å². The first-order valence-electron chi connectivity index (χ1n) is 8.99. The number of aromatic nitrogens is 4. The van der Waals surface area contributed by atoms with Crippen LogP contribution >= 0.6 is 34.5 Å². The molecular formula is C17H23ClIN7. The van der Waals surface area contributed by atoms with Gasteiger partial charge in [-0.15, -0.1) is 0 Å². The summed E-state index contributed by atoms with van der Waals surface area (Å²) < 4.78 is 1.71. The Morgan fingerprint density at radius 2 is 2.31 bits per heavy atom. The average molecular weight is 488 g/mol. The first kappa shape index (κ1) is 18.2. The third-order valence-corrected chi connectivity index (χ3v) is 6.45. The second kappa shape index (κ2) is 7.47. The van der Waals surface area contributed by atoms with Crippen molar-refractivity contribution in [3.8, 4) is 0 Å². The summed E-state index contributed by atoms with van der Waals surface area (Å²) in [5.74, 6) is 1.32. The van der Waals surface area contributed by atoms with Crippen molar-refractivity contribution < 1.29 is 0 Å². The first-order chi connectivity index (χ1) is 12.5. The Balaban J connectivity index is 1.50. The van der Waals surface area contributed by atoms with Crippen LogP contribution in [0.5, 0.6) is 0 Å². The highest BCUT2D eigenvalue weighted by Crippen LogP contribution is 2.45. The lowest BCUT2D eigenvalue weighted by Crippen LogP contribution is -2.40. The van der Waals surface area contributed by atoms with Crippen molar-refractivity contribution in [3.63, 3.8) is 0 Å². The molecule has 1 saturated carbocycles. The molecule has 2 aromatic heterocycles. The van der Waals surface area contributed by atoms with E-state index in [4.69, 9.17) is 11.6 Å². The van der Waals surface area contributed by atoms with E-state index in [2.05, 4.69) is 60.5 Å². The van der Waals surface area contributed by atoms with Gasteiger partial charge in [0.2, 0.25) is 5.95 Å². The van der Waals surface area contributed by atoms with Crippen molar-refractivity contribution in [3.05, 3.63) is 23.6 Å². The molecule has 2 N–H and O–H groups in total. The summed E-state index contributed by atoms with van der Waals surface area (Å²) in [6, 6.07) is 0.465. The van der Waals surface area contributed by atoms with Gasteiger partial charge in [0.15, 0.2) is 5.82 Å². The molecule has 2 aliphatic rings. The van der Waals surface area contributed by atoms with Crippen molar-refractivity contribution in [2.75, 3.05) is 30.4 Å². The van der Waals surface area contributed by atoms with Crippen molar-refractivity contribution in [1.82, 2.24) is 23.3 Å². The Bertz CT molecular complexity index is 774. The number of rotatable bonds is 4. The van der Waals surface area contributed by atoms with E-state index in [1.54, 1.807) is 15.3 Å². The molecule has 26 heavy (non-hydrogen) atoms. The van der Waals surface area contributed by atoms with Crippen LogP contribution in [-0.4, -0.2) is 44.1 Å². The minimum atomic E-state index is 0.451. The summed E-state index contributed by atoms with van der Waals surface area (Å²) in [6.45, 7) is 2.30. The lowest BCUT2D eigenvalue weighted by molar-refractivity contribution is 0.214. The molecule has 7 nitrogen and oxygen atoms in total. The van der Waals surface area contributed by atoms with Gasteiger partial charge in [-0.05, 0) is 44.1 Å². The maximum absolute atomic E-state index is 6.43. The molecule has 2 unspecified atom stereocenters. The van der Waals surface area contributed by atoms with Crippen LogP contribution in [0.1, 0.15) is 32.1 Å². The first-order valence-corrected chi connectivity index (χ1v) is 10.3. The number of nitrogens with zero attached hydrogens (tertiary/aromatic N) is 5. The van der Waals surface area contributed by atoms with Gasteiger partial charge in [0.05, 0.1) is 47.1 Å². The second-order valence-electron chi connectivity index (χ2n) is 7.40. The van der Waals surface area contributed by atoms with Gasteiger partial charge in [-0.2, -0.15) is 10.1 Å². The fourth-order valence-electron chi connectivity index (χ4n) is 4.26. The predicted octanol–water partition coefficient (Wildman–Crippen LogP) is 3.63. The summed E-state index contributed by atoms with van der Waals surface area (Å²) in [5, 5.41) is 11.5. The van der Waals surface area contributed by atoms with E-state index in [0.29, 0.717) is 22.4 Å². The number of hydrogen-bond acceptors (Lipinski definition) is 6. The van der Waals surface area contributed by atoms with Crippen LogP contribution in [-0.2, 0) is 0 Å². The number of piperidine rings is 1. The van der Waals surface area contributed by atoms with E-state index in [1.807, 2.05) is 6.20 Å². The van der Waals surface area contributed by atoms with Crippen LogP contribution in [0.25, 0.3) is 0 Å². The third kappa shape index (κ3) is 3.77. The third-order valence-electron chi connectivity index (χ3n) is 5.65. The van der Waals surface area contributed by atoms with E-state index in [-0.39, 0.29) is 0 Å². The van der Waals surface area contributed by atoms with E-state index < -0.39 is 0 Å². The molecule has 2 atom stereocenters. The van der Waals surface area contributed by atoms with Crippen LogP contribution in [0.3, 0.4) is 0 Å². The summed E-state index contributed by atoms with van der Waals surface area (Å²) in [6.07, 6.45) is 11.5. The maximum atomic E-state index is 6.43. The summed E-state index contributed by atoms with van der Waals surface area (Å²) in [4.78, 5) is 11.2. The van der Waals surface area contributed by atoms with E-state index >= 15 is 0 Å². The fourth-order valence-corrected chi connectivity index (χ4v) is 4.91. The lowest BCUT2D eigenvalue weighted by atomic mass is 9.79. The van der Waals surface area contributed by atoms with E-state index in [0.717, 1.165) is 24.6 Å². The molecule has 1 aliphatic carbocycles. The molecular weight excluding hydrogens is 465 g/mol. The monoisotopic (exact) mass is 487 g/mol. The fraction of sp³-hybridized carbons (Fsp3) is 0.588. The van der Waals surface area contributed by atoms with Crippen molar-refractivity contribution in [2.45, 2.75) is 38.1 Å². The molecule has 9 heteroatoms. The SMILES string of the molecule is CN(c1nc(Nc2cnn(I)c2)ncc1Cl)C1CCC2(CCCNC2)C1. The van der Waals surface area contributed by atoms with Gasteiger partial charge in [-0.25, -0.2) is 7.88 Å². The molecule has 0 bridgehead atoms. The van der Waals surface area contributed by atoms with Crippen LogP contribution in [0, 0.1) is 5.41 Å². The summed E-state index contributed by atoms with van der Waals surface area (Å²) in [5.41, 5.74) is 1.30. The van der Waals surface area contributed by atoms with Gasteiger partial charge >= 0.3 is 0 Å². The van der Waals surface area contributed by atoms with Crippen molar-refractivity contribution >= 4 is 51.9 Å². The number of halogens is 2. The van der Waals surface area contributed by atoms with Gasteiger partial charge in [-0.3, -0.25) is 0 Å². The Morgan fingerprint density at radius 1 is 1.42 bits per heavy atom. The molecule has 4 rings (SSSR count). The zero-order chi connectivity index (χ0) is 18.1. The quantitative estimate of drug-likeness (QED) is 0.642. The molecule has 0 aromatic carbocycles. The summed E-state index contributed by atoms with van der Waals surface area (Å²) in [7, 11) is 2.10. The molecule has 2 fully saturated rings. The van der Waals surface area contributed by atoms with Crippen LogP contribution < -0.4 is 15.5 Å². The molecule has 0 amide bonds. The Labute approximate surface area is 172 Å². The maximum Gasteiger partial charge on any atom is 0.229 e. The molecule has 0 radical (unpaired) electrons. The van der Waals surface area contributed by atoms with Gasteiger partial charge in [0.25, 0.3) is 0 Å². The molecule has 3 heterocycles. The molecule has 2 aromatic rings. The second-order valence-corrected chi connectivity index (χ2v) is 8.79. The van der Waals surface area contributed by atoms with Gasteiger partial charge < -0.3 is 15.5 Å². The zero-order valence-electron chi connectivity index (χ0n) is 14.8. The normalized spacial score (nSPS) is 25.6.